The van der Waals surface area contributed by atoms with Crippen LogP contribution < -0.4 is 10.1 Å². The molecular formula is C19H20N2O. The molecule has 0 aliphatic rings. The maximum atomic E-state index is 5.53. The number of fused-ring (bicyclic) bond motifs is 1. The third kappa shape index (κ3) is 2.68. The lowest BCUT2D eigenvalue weighted by molar-refractivity contribution is 0.416. The molecular weight excluding hydrogens is 272 g/mol. The van der Waals surface area contributed by atoms with Gasteiger partial charge in [-0.1, -0.05) is 24.3 Å². The van der Waals surface area contributed by atoms with Gasteiger partial charge in [0.25, 0.3) is 0 Å². The molecule has 3 heteroatoms. The smallest absolute Gasteiger partial charge is 0.126 e. The van der Waals surface area contributed by atoms with Crippen LogP contribution in [0.2, 0.25) is 0 Å². The van der Waals surface area contributed by atoms with Gasteiger partial charge in [-0.25, -0.2) is 0 Å². The Balaban J connectivity index is 2.14. The molecule has 1 atom stereocenters. The molecule has 1 unspecified atom stereocenters. The van der Waals surface area contributed by atoms with Gasteiger partial charge in [-0.2, -0.15) is 0 Å². The molecule has 2 aromatic carbocycles. The molecule has 0 radical (unpaired) electrons. The zero-order valence-electron chi connectivity index (χ0n) is 13.1. The summed E-state index contributed by atoms with van der Waals surface area (Å²) in [6.45, 7) is 2.14. The van der Waals surface area contributed by atoms with Gasteiger partial charge in [0.05, 0.1) is 12.6 Å². The van der Waals surface area contributed by atoms with E-state index in [-0.39, 0.29) is 6.04 Å². The number of nitrogens with one attached hydrogen (secondary N) is 1. The average molecular weight is 292 g/mol. The van der Waals surface area contributed by atoms with Gasteiger partial charge < -0.3 is 10.1 Å². The Kier molecular flexibility index (Phi) is 4.07. The lowest BCUT2D eigenvalue weighted by atomic mass is 9.99. The Morgan fingerprint density at radius 3 is 2.68 bits per heavy atom. The Morgan fingerprint density at radius 2 is 1.91 bits per heavy atom. The average Bonchev–Trinajstić information content (AvgIpc) is 2.60. The van der Waals surface area contributed by atoms with E-state index in [1.807, 2.05) is 37.5 Å². The molecule has 1 N–H and O–H groups in total. The largest absolute Gasteiger partial charge is 0.496 e. The molecule has 0 aliphatic carbocycles. The summed E-state index contributed by atoms with van der Waals surface area (Å²) in [5.74, 6) is 0.865. The normalized spacial score (nSPS) is 12.3. The number of ether oxygens (including phenoxy) is 1. The first-order chi connectivity index (χ1) is 10.7. The first kappa shape index (κ1) is 14.5. The van der Waals surface area contributed by atoms with Gasteiger partial charge in [0.15, 0.2) is 0 Å². The first-order valence-electron chi connectivity index (χ1n) is 7.43. The molecule has 0 bridgehead atoms. The fourth-order valence-electron chi connectivity index (χ4n) is 2.61. The Labute approximate surface area is 131 Å². The van der Waals surface area contributed by atoms with Crippen molar-refractivity contribution in [3.8, 4) is 16.9 Å². The van der Waals surface area contributed by atoms with Gasteiger partial charge in [-0.3, -0.25) is 4.98 Å². The number of nitrogens with zero attached hydrogens (tertiary/aromatic N) is 1. The second kappa shape index (κ2) is 6.16. The van der Waals surface area contributed by atoms with Crippen molar-refractivity contribution in [1.29, 1.82) is 0 Å². The minimum atomic E-state index is 0.290. The molecule has 3 nitrogen and oxygen atoms in total. The first-order valence-corrected chi connectivity index (χ1v) is 7.43. The molecule has 0 amide bonds. The second-order valence-electron chi connectivity index (χ2n) is 5.39. The number of para-hydroxylation sites is 1. The van der Waals surface area contributed by atoms with E-state index in [1.165, 1.54) is 5.56 Å². The molecule has 1 aromatic heterocycles. The molecule has 0 spiro atoms. The quantitative estimate of drug-likeness (QED) is 0.783. The highest BCUT2D eigenvalue weighted by Gasteiger charge is 2.11. The highest BCUT2D eigenvalue weighted by atomic mass is 16.5. The summed E-state index contributed by atoms with van der Waals surface area (Å²) < 4.78 is 5.53. The molecule has 22 heavy (non-hydrogen) atoms. The summed E-state index contributed by atoms with van der Waals surface area (Å²) in [7, 11) is 3.67. The van der Waals surface area contributed by atoms with Crippen molar-refractivity contribution >= 4 is 10.9 Å². The van der Waals surface area contributed by atoms with Crippen LogP contribution in [0.25, 0.3) is 22.0 Å². The predicted octanol–water partition coefficient (Wildman–Crippen LogP) is 4.19. The number of methoxy groups -OCH3 is 1. The molecule has 0 saturated carbocycles. The van der Waals surface area contributed by atoms with Crippen LogP contribution in [-0.4, -0.2) is 19.1 Å². The van der Waals surface area contributed by atoms with Gasteiger partial charge >= 0.3 is 0 Å². The van der Waals surface area contributed by atoms with Crippen molar-refractivity contribution < 1.29 is 4.74 Å². The van der Waals surface area contributed by atoms with E-state index in [0.29, 0.717) is 0 Å². The van der Waals surface area contributed by atoms with Gasteiger partial charge in [-0.15, -0.1) is 0 Å². The minimum absolute atomic E-state index is 0.290. The number of pyridine rings is 1. The summed E-state index contributed by atoms with van der Waals surface area (Å²) in [4.78, 5) is 4.56. The van der Waals surface area contributed by atoms with Crippen LogP contribution in [0.1, 0.15) is 18.5 Å². The third-order valence-corrected chi connectivity index (χ3v) is 4.06. The maximum absolute atomic E-state index is 5.53. The molecule has 112 valence electrons. The molecule has 0 saturated heterocycles. The van der Waals surface area contributed by atoms with Gasteiger partial charge in [-0.05, 0) is 43.8 Å². The van der Waals surface area contributed by atoms with E-state index >= 15 is 0 Å². The lowest BCUT2D eigenvalue weighted by Gasteiger charge is -2.15. The molecule has 0 aliphatic heterocycles. The van der Waals surface area contributed by atoms with E-state index in [4.69, 9.17) is 4.74 Å². The Morgan fingerprint density at radius 1 is 1.09 bits per heavy atom. The van der Waals surface area contributed by atoms with Crippen molar-refractivity contribution in [2.24, 2.45) is 0 Å². The van der Waals surface area contributed by atoms with Crippen molar-refractivity contribution in [3.05, 3.63) is 60.3 Å². The number of rotatable bonds is 4. The van der Waals surface area contributed by atoms with E-state index in [1.54, 1.807) is 7.11 Å². The van der Waals surface area contributed by atoms with E-state index < -0.39 is 0 Å². The van der Waals surface area contributed by atoms with Crippen LogP contribution in [0.15, 0.2) is 54.7 Å². The van der Waals surface area contributed by atoms with Crippen LogP contribution in [0.4, 0.5) is 0 Å². The number of aromatic nitrogens is 1. The number of hydrogen-bond donors (Lipinski definition) is 1. The van der Waals surface area contributed by atoms with Gasteiger partial charge in [0, 0.05) is 28.8 Å². The molecule has 0 fully saturated rings. The maximum Gasteiger partial charge on any atom is 0.126 e. The topological polar surface area (TPSA) is 34.1 Å². The third-order valence-electron chi connectivity index (χ3n) is 4.06. The van der Waals surface area contributed by atoms with Crippen molar-refractivity contribution in [2.75, 3.05) is 14.2 Å². The standard InChI is InChI=1S/C19H20N2O/c1-13(20-2)14-8-9-19(22-3)17(11-14)16-10-15-6-4-5-7-18(15)21-12-16/h4-13,20H,1-3H3. The molecule has 3 aromatic rings. The van der Waals surface area contributed by atoms with E-state index in [9.17, 15) is 0 Å². The zero-order valence-corrected chi connectivity index (χ0v) is 13.1. The minimum Gasteiger partial charge on any atom is -0.496 e. The van der Waals surface area contributed by atoms with E-state index in [2.05, 4.69) is 41.5 Å². The fourth-order valence-corrected chi connectivity index (χ4v) is 2.61. The van der Waals surface area contributed by atoms with Crippen LogP contribution >= 0.6 is 0 Å². The fraction of sp³-hybridized carbons (Fsp3) is 0.211. The summed E-state index contributed by atoms with van der Waals surface area (Å²) >= 11 is 0. The molecule has 3 rings (SSSR count). The SMILES string of the molecule is CNC(C)c1ccc(OC)c(-c2cnc3ccccc3c2)c1. The van der Waals surface area contributed by atoms with Crippen LogP contribution in [0.3, 0.4) is 0 Å². The van der Waals surface area contributed by atoms with Crippen LogP contribution in [0.5, 0.6) is 5.75 Å². The van der Waals surface area contributed by atoms with Crippen molar-refractivity contribution in [1.82, 2.24) is 10.3 Å². The lowest BCUT2D eigenvalue weighted by Crippen LogP contribution is -2.12. The van der Waals surface area contributed by atoms with Crippen molar-refractivity contribution in [2.45, 2.75) is 13.0 Å². The highest BCUT2D eigenvalue weighted by Crippen LogP contribution is 2.33. The number of hydrogen-bond acceptors (Lipinski definition) is 3. The van der Waals surface area contributed by atoms with Crippen LogP contribution in [-0.2, 0) is 0 Å². The summed E-state index contributed by atoms with van der Waals surface area (Å²) in [5, 5.41) is 4.40. The van der Waals surface area contributed by atoms with Crippen molar-refractivity contribution in [3.63, 3.8) is 0 Å². The van der Waals surface area contributed by atoms with Gasteiger partial charge in [0.2, 0.25) is 0 Å². The Hall–Kier alpha value is -2.39. The van der Waals surface area contributed by atoms with E-state index in [0.717, 1.165) is 27.8 Å². The Bertz CT molecular complexity index is 798. The molecule has 1 heterocycles. The summed E-state index contributed by atoms with van der Waals surface area (Å²) in [6.07, 6.45) is 1.91. The highest BCUT2D eigenvalue weighted by molar-refractivity contribution is 5.84. The summed E-state index contributed by atoms with van der Waals surface area (Å²) in [5.41, 5.74) is 4.37. The predicted molar refractivity (Wildman–Crippen MR) is 91.2 cm³/mol. The number of benzene rings is 2. The second-order valence-corrected chi connectivity index (χ2v) is 5.39. The van der Waals surface area contributed by atoms with Crippen LogP contribution in [0, 0.1) is 0 Å². The summed E-state index contributed by atoms with van der Waals surface area (Å²) in [6, 6.07) is 16.9. The zero-order chi connectivity index (χ0) is 15.5. The van der Waals surface area contributed by atoms with Gasteiger partial charge in [0.1, 0.15) is 5.75 Å². The monoisotopic (exact) mass is 292 g/mol.